The lowest BCUT2D eigenvalue weighted by molar-refractivity contribution is -0.120. The van der Waals surface area contributed by atoms with Gasteiger partial charge in [-0.1, -0.05) is 24.3 Å². The van der Waals surface area contributed by atoms with Crippen molar-refractivity contribution >= 4 is 23.2 Å². The van der Waals surface area contributed by atoms with Crippen LogP contribution < -0.4 is 15.0 Å². The van der Waals surface area contributed by atoms with E-state index in [9.17, 15) is 9.59 Å². The molecule has 1 heterocycles. The summed E-state index contributed by atoms with van der Waals surface area (Å²) in [5.74, 6) is 0.750. The number of anilines is 2. The molecule has 0 saturated heterocycles. The fraction of sp³-hybridized carbons (Fsp3) is 0.364. The molecule has 0 saturated carbocycles. The molecule has 1 aliphatic rings. The monoisotopic (exact) mass is 381 g/mol. The van der Waals surface area contributed by atoms with Crippen LogP contribution in [0.5, 0.6) is 5.75 Å². The summed E-state index contributed by atoms with van der Waals surface area (Å²) in [6.07, 6.45) is 0.281. The minimum absolute atomic E-state index is 0.0233. The highest BCUT2D eigenvalue weighted by Gasteiger charge is 2.29. The maximum absolute atomic E-state index is 13.1. The van der Waals surface area contributed by atoms with Crippen molar-refractivity contribution in [1.29, 1.82) is 0 Å². The number of carbonyl (C=O) groups is 2. The Kier molecular flexibility index (Phi) is 6.31. The summed E-state index contributed by atoms with van der Waals surface area (Å²) in [6.45, 7) is 5.42. The first-order valence-corrected chi connectivity index (χ1v) is 9.59. The summed E-state index contributed by atoms with van der Waals surface area (Å²) < 4.78 is 5.47. The van der Waals surface area contributed by atoms with Crippen molar-refractivity contribution in [3.63, 3.8) is 0 Å². The zero-order valence-corrected chi connectivity index (χ0v) is 16.6. The summed E-state index contributed by atoms with van der Waals surface area (Å²) in [7, 11) is 1.92. The topological polar surface area (TPSA) is 61.9 Å². The Labute approximate surface area is 166 Å². The lowest BCUT2D eigenvalue weighted by Gasteiger charge is -2.29. The van der Waals surface area contributed by atoms with Gasteiger partial charge in [-0.05, 0) is 50.7 Å². The van der Waals surface area contributed by atoms with Crippen LogP contribution >= 0.6 is 0 Å². The number of nitrogens with one attached hydrogen (secondary N) is 1. The number of likely N-dealkylation sites (N-methyl/N-ethyl adjacent to an activating group) is 1. The van der Waals surface area contributed by atoms with Crippen LogP contribution in [0.25, 0.3) is 0 Å². The fourth-order valence-electron chi connectivity index (χ4n) is 3.50. The maximum Gasteiger partial charge on any atom is 0.241 e. The molecular formula is C22H27N3O3. The maximum atomic E-state index is 13.1. The van der Waals surface area contributed by atoms with Crippen molar-refractivity contribution in [3.8, 4) is 5.75 Å². The molecule has 0 spiro atoms. The van der Waals surface area contributed by atoms with Gasteiger partial charge in [-0.2, -0.15) is 0 Å². The third-order valence-electron chi connectivity index (χ3n) is 4.72. The molecule has 1 atom stereocenters. The smallest absolute Gasteiger partial charge is 0.241 e. The quantitative estimate of drug-likeness (QED) is 0.834. The molecule has 2 aromatic carbocycles. The van der Waals surface area contributed by atoms with E-state index in [1.807, 2.05) is 74.3 Å². The van der Waals surface area contributed by atoms with Crippen LogP contribution in [0.4, 0.5) is 11.4 Å². The zero-order chi connectivity index (χ0) is 20.1. The Balaban J connectivity index is 1.70. The molecule has 1 N–H and O–H groups in total. The summed E-state index contributed by atoms with van der Waals surface area (Å²) in [5.41, 5.74) is 2.54. The van der Waals surface area contributed by atoms with Crippen molar-refractivity contribution in [2.24, 2.45) is 0 Å². The van der Waals surface area contributed by atoms with Gasteiger partial charge in [-0.15, -0.1) is 0 Å². The molecule has 0 aromatic heterocycles. The number of rotatable bonds is 6. The average Bonchev–Trinajstić information content (AvgIpc) is 2.77. The van der Waals surface area contributed by atoms with Gasteiger partial charge in [-0.25, -0.2) is 0 Å². The van der Waals surface area contributed by atoms with E-state index in [2.05, 4.69) is 5.32 Å². The molecule has 0 fully saturated rings. The van der Waals surface area contributed by atoms with Crippen LogP contribution in [-0.4, -0.2) is 43.0 Å². The molecule has 148 valence electrons. The van der Waals surface area contributed by atoms with E-state index in [-0.39, 0.29) is 30.8 Å². The first kappa shape index (κ1) is 19.9. The fourth-order valence-corrected chi connectivity index (χ4v) is 3.50. The summed E-state index contributed by atoms with van der Waals surface area (Å²) in [4.78, 5) is 28.9. The Bertz CT molecular complexity index is 835. The van der Waals surface area contributed by atoms with Crippen LogP contribution in [0.15, 0.2) is 48.5 Å². The van der Waals surface area contributed by atoms with Crippen LogP contribution in [0.3, 0.4) is 0 Å². The summed E-state index contributed by atoms with van der Waals surface area (Å²) in [5, 5.41) is 2.89. The number of nitrogens with zero attached hydrogens (tertiary/aromatic N) is 2. The van der Waals surface area contributed by atoms with Gasteiger partial charge in [0.2, 0.25) is 11.8 Å². The van der Waals surface area contributed by atoms with E-state index in [4.69, 9.17) is 4.74 Å². The molecule has 0 radical (unpaired) electrons. The Morgan fingerprint density at radius 2 is 1.93 bits per heavy atom. The van der Waals surface area contributed by atoms with Crippen molar-refractivity contribution in [2.45, 2.75) is 32.9 Å². The number of benzene rings is 2. The van der Waals surface area contributed by atoms with Gasteiger partial charge in [0.05, 0.1) is 24.5 Å². The summed E-state index contributed by atoms with van der Waals surface area (Å²) in [6, 6.07) is 15.2. The molecule has 2 amide bonds. The molecule has 0 unspecified atom stereocenters. The molecule has 3 rings (SSSR count). The lowest BCUT2D eigenvalue weighted by atomic mass is 10.1. The average molecular weight is 381 g/mol. The Hall–Kier alpha value is -2.86. The number of carbonyl (C=O) groups excluding carboxylic acids is 2. The molecule has 28 heavy (non-hydrogen) atoms. The van der Waals surface area contributed by atoms with E-state index < -0.39 is 0 Å². The van der Waals surface area contributed by atoms with Gasteiger partial charge >= 0.3 is 0 Å². The first-order chi connectivity index (χ1) is 13.5. The van der Waals surface area contributed by atoms with Gasteiger partial charge in [0, 0.05) is 19.0 Å². The van der Waals surface area contributed by atoms with Crippen LogP contribution in [-0.2, 0) is 16.1 Å². The Morgan fingerprint density at radius 1 is 1.21 bits per heavy atom. The van der Waals surface area contributed by atoms with Crippen molar-refractivity contribution < 1.29 is 14.3 Å². The third-order valence-corrected chi connectivity index (χ3v) is 4.72. The van der Waals surface area contributed by atoms with Gasteiger partial charge in [-0.3, -0.25) is 14.5 Å². The number of fused-ring (bicyclic) bond motifs is 1. The highest BCUT2D eigenvalue weighted by atomic mass is 16.5. The van der Waals surface area contributed by atoms with E-state index in [0.29, 0.717) is 18.8 Å². The van der Waals surface area contributed by atoms with Gasteiger partial charge in [0.25, 0.3) is 0 Å². The SMILES string of the molecule is CCOc1ccc(CN(C)CC(=O)N2c3ccccc3NC(=O)C[C@@H]2C)cc1. The van der Waals surface area contributed by atoms with E-state index in [0.717, 1.165) is 17.0 Å². The molecule has 6 heteroatoms. The lowest BCUT2D eigenvalue weighted by Crippen LogP contribution is -2.44. The normalized spacial score (nSPS) is 16.4. The van der Waals surface area contributed by atoms with Crippen LogP contribution in [0, 0.1) is 0 Å². The number of hydrogen-bond acceptors (Lipinski definition) is 4. The number of hydrogen-bond donors (Lipinski definition) is 1. The van der Waals surface area contributed by atoms with E-state index in [1.165, 1.54) is 0 Å². The summed E-state index contributed by atoms with van der Waals surface area (Å²) >= 11 is 0. The molecule has 6 nitrogen and oxygen atoms in total. The van der Waals surface area contributed by atoms with Crippen molar-refractivity contribution in [2.75, 3.05) is 30.4 Å². The minimum atomic E-state index is -0.199. The van der Waals surface area contributed by atoms with Crippen molar-refractivity contribution in [3.05, 3.63) is 54.1 Å². The number of amides is 2. The Morgan fingerprint density at radius 3 is 2.64 bits per heavy atom. The molecule has 0 bridgehead atoms. The molecule has 2 aromatic rings. The predicted octanol–water partition coefficient (Wildman–Crippen LogP) is 3.28. The first-order valence-electron chi connectivity index (χ1n) is 9.59. The van der Waals surface area contributed by atoms with Gasteiger partial charge < -0.3 is 15.0 Å². The highest BCUT2D eigenvalue weighted by Crippen LogP contribution is 2.31. The zero-order valence-electron chi connectivity index (χ0n) is 16.6. The second-order valence-corrected chi connectivity index (χ2v) is 7.13. The van der Waals surface area contributed by atoms with Crippen LogP contribution in [0.2, 0.25) is 0 Å². The predicted molar refractivity (Wildman–Crippen MR) is 111 cm³/mol. The minimum Gasteiger partial charge on any atom is -0.494 e. The van der Waals surface area contributed by atoms with E-state index >= 15 is 0 Å². The highest BCUT2D eigenvalue weighted by molar-refractivity contribution is 6.04. The van der Waals surface area contributed by atoms with Crippen LogP contribution in [0.1, 0.15) is 25.8 Å². The molecule has 1 aliphatic heterocycles. The number of ether oxygens (including phenoxy) is 1. The second-order valence-electron chi connectivity index (χ2n) is 7.13. The van der Waals surface area contributed by atoms with Gasteiger partial charge in [0.1, 0.15) is 5.75 Å². The largest absolute Gasteiger partial charge is 0.494 e. The molecular weight excluding hydrogens is 354 g/mol. The standard InChI is InChI=1S/C22H27N3O3/c1-4-28-18-11-9-17(10-12-18)14-24(3)15-22(27)25-16(2)13-21(26)23-19-7-5-6-8-20(19)25/h5-12,16H,4,13-15H2,1-3H3,(H,23,26)/t16-/m0/s1. The van der Waals surface area contributed by atoms with Crippen molar-refractivity contribution in [1.82, 2.24) is 4.90 Å². The van der Waals surface area contributed by atoms with Gasteiger partial charge in [0.15, 0.2) is 0 Å². The molecule has 0 aliphatic carbocycles. The van der Waals surface area contributed by atoms with E-state index in [1.54, 1.807) is 4.90 Å². The second kappa shape index (κ2) is 8.89. The third kappa shape index (κ3) is 4.70. The number of para-hydroxylation sites is 2.